The molecule has 9 nitrogen and oxygen atoms in total. The number of carboxylic acid groups (broad SMARTS) is 1. The molecule has 2 aromatic carbocycles. The smallest absolute Gasteiger partial charge is 0.410 e. The van der Waals surface area contributed by atoms with Crippen molar-refractivity contribution in [2.45, 2.75) is 96.2 Å². The van der Waals surface area contributed by atoms with E-state index in [-0.39, 0.29) is 24.5 Å². The summed E-state index contributed by atoms with van der Waals surface area (Å²) in [4.78, 5) is 44.4. The minimum atomic E-state index is -1.76. The summed E-state index contributed by atoms with van der Waals surface area (Å²) in [7, 11) is 0. The van der Waals surface area contributed by atoms with Gasteiger partial charge in [0.2, 0.25) is 0 Å². The molecule has 2 atom stereocenters. The highest BCUT2D eigenvalue weighted by molar-refractivity contribution is 5.86. The fourth-order valence-electron chi connectivity index (χ4n) is 7.35. The molecule has 1 unspecified atom stereocenters. The maximum absolute atomic E-state index is 14.4. The second-order valence-electron chi connectivity index (χ2n) is 14.0. The van der Waals surface area contributed by atoms with Gasteiger partial charge >= 0.3 is 18.2 Å². The van der Waals surface area contributed by atoms with Crippen molar-refractivity contribution >= 4 is 18.2 Å². The summed E-state index contributed by atoms with van der Waals surface area (Å²) in [5.74, 6) is -1.34. The molecule has 2 fully saturated rings. The van der Waals surface area contributed by atoms with Crippen molar-refractivity contribution in [3.05, 3.63) is 59.7 Å². The van der Waals surface area contributed by atoms with E-state index >= 15 is 0 Å². The van der Waals surface area contributed by atoms with E-state index in [4.69, 9.17) is 14.2 Å². The zero-order chi connectivity index (χ0) is 32.4. The topological polar surface area (TPSA) is 106 Å². The number of piperidine rings is 1. The molecular formula is C36H48N2O7. The van der Waals surface area contributed by atoms with Crippen molar-refractivity contribution < 1.29 is 33.7 Å². The lowest BCUT2D eigenvalue weighted by Crippen LogP contribution is -2.69. The molecule has 2 aromatic rings. The number of benzene rings is 2. The summed E-state index contributed by atoms with van der Waals surface area (Å²) in [5, 5.41) is 11.0. The van der Waals surface area contributed by atoms with E-state index in [0.29, 0.717) is 39.0 Å². The Morgan fingerprint density at radius 1 is 0.978 bits per heavy atom. The number of nitrogens with zero attached hydrogens (tertiary/aromatic N) is 2. The Kier molecular flexibility index (Phi) is 9.49. The standard InChI is InChI=1S/C36H48N2O7/c1-6-36(18-21-43-22-19-36)24-38(35(5,31(39)40)30-17-11-12-20-37(30)32(41)45-34(2,3)4)33(42)44-23-29-27-15-9-7-13-25(27)26-14-8-10-16-28(26)29/h7-10,13-16,29-30H,6,11-12,17-24H2,1-5H3,(H,39,40)/t30-,35?/m0/s1. The van der Waals surface area contributed by atoms with Gasteiger partial charge in [0.05, 0.1) is 6.04 Å². The second kappa shape index (κ2) is 13.0. The molecule has 5 rings (SSSR count). The van der Waals surface area contributed by atoms with E-state index in [2.05, 4.69) is 31.2 Å². The Morgan fingerprint density at radius 3 is 2.13 bits per heavy atom. The Labute approximate surface area is 266 Å². The quantitative estimate of drug-likeness (QED) is 0.336. The van der Waals surface area contributed by atoms with Gasteiger partial charge in [-0.2, -0.15) is 0 Å². The monoisotopic (exact) mass is 620 g/mol. The van der Waals surface area contributed by atoms with Crippen LogP contribution in [-0.2, 0) is 19.0 Å². The SMILES string of the molecule is CCC1(CN(C(=O)OCC2c3ccccc3-c3ccccc32)C(C)(C(=O)O)[C@@H]2CCCCN2C(=O)OC(C)(C)C)CCOCC1. The lowest BCUT2D eigenvalue weighted by molar-refractivity contribution is -0.157. The van der Waals surface area contributed by atoms with Crippen molar-refractivity contribution in [3.63, 3.8) is 0 Å². The Morgan fingerprint density at radius 2 is 1.58 bits per heavy atom. The summed E-state index contributed by atoms with van der Waals surface area (Å²) in [5.41, 5.74) is 1.53. The Balaban J connectivity index is 1.50. The second-order valence-corrected chi connectivity index (χ2v) is 14.0. The van der Waals surface area contributed by atoms with E-state index in [9.17, 15) is 19.5 Å². The molecular weight excluding hydrogens is 572 g/mol. The van der Waals surface area contributed by atoms with Crippen molar-refractivity contribution in [3.8, 4) is 11.1 Å². The van der Waals surface area contributed by atoms with Crippen molar-refractivity contribution in [1.82, 2.24) is 9.80 Å². The van der Waals surface area contributed by atoms with Crippen LogP contribution in [0.4, 0.5) is 9.59 Å². The zero-order valence-electron chi connectivity index (χ0n) is 27.3. The molecule has 1 aliphatic carbocycles. The number of ether oxygens (including phenoxy) is 3. The maximum Gasteiger partial charge on any atom is 0.410 e. The molecule has 0 saturated carbocycles. The number of aliphatic carboxylic acids is 1. The number of carbonyl (C=O) groups excluding carboxylic acids is 2. The Bertz CT molecular complexity index is 1350. The fraction of sp³-hybridized carbons (Fsp3) is 0.583. The number of likely N-dealkylation sites (tertiary alicyclic amines) is 1. The molecule has 2 heterocycles. The van der Waals surface area contributed by atoms with Gasteiger partial charge in [0, 0.05) is 32.2 Å². The van der Waals surface area contributed by atoms with Crippen LogP contribution in [0.25, 0.3) is 11.1 Å². The molecule has 0 spiro atoms. The van der Waals surface area contributed by atoms with Gasteiger partial charge in [-0.25, -0.2) is 14.4 Å². The van der Waals surface area contributed by atoms with Crippen LogP contribution >= 0.6 is 0 Å². The van der Waals surface area contributed by atoms with Crippen molar-refractivity contribution in [2.75, 3.05) is 32.9 Å². The van der Waals surface area contributed by atoms with Crippen molar-refractivity contribution in [2.24, 2.45) is 5.41 Å². The van der Waals surface area contributed by atoms with Gasteiger partial charge in [-0.05, 0) is 93.9 Å². The highest BCUT2D eigenvalue weighted by Crippen LogP contribution is 2.45. The van der Waals surface area contributed by atoms with Crippen LogP contribution in [0.5, 0.6) is 0 Å². The number of amides is 2. The predicted molar refractivity (Wildman–Crippen MR) is 171 cm³/mol. The van der Waals surface area contributed by atoms with Crippen LogP contribution in [-0.4, -0.2) is 83.2 Å². The molecule has 244 valence electrons. The molecule has 9 heteroatoms. The molecule has 2 aliphatic heterocycles. The Hall–Kier alpha value is -3.59. The van der Waals surface area contributed by atoms with E-state index in [1.165, 1.54) is 9.80 Å². The molecule has 0 bridgehead atoms. The fourth-order valence-corrected chi connectivity index (χ4v) is 7.35. The van der Waals surface area contributed by atoms with Crippen LogP contribution in [0.2, 0.25) is 0 Å². The average Bonchev–Trinajstić information content (AvgIpc) is 3.35. The van der Waals surface area contributed by atoms with Gasteiger partial charge < -0.3 is 24.2 Å². The summed E-state index contributed by atoms with van der Waals surface area (Å²) < 4.78 is 17.6. The first-order chi connectivity index (χ1) is 21.4. The number of hydrogen-bond donors (Lipinski definition) is 1. The first kappa shape index (κ1) is 32.8. The number of carbonyl (C=O) groups is 3. The van der Waals surface area contributed by atoms with Gasteiger partial charge in [-0.3, -0.25) is 4.90 Å². The molecule has 3 aliphatic rings. The van der Waals surface area contributed by atoms with Crippen LogP contribution in [0.15, 0.2) is 48.5 Å². The zero-order valence-corrected chi connectivity index (χ0v) is 27.3. The van der Waals surface area contributed by atoms with Crippen LogP contribution in [0.1, 0.15) is 90.2 Å². The molecule has 0 aromatic heterocycles. The lowest BCUT2D eigenvalue weighted by atomic mass is 9.75. The summed E-state index contributed by atoms with van der Waals surface area (Å²) in [6, 6.07) is 15.4. The number of rotatable bonds is 8. The highest BCUT2D eigenvalue weighted by Gasteiger charge is 2.55. The van der Waals surface area contributed by atoms with Crippen molar-refractivity contribution in [1.29, 1.82) is 0 Å². The normalized spacial score (nSPS) is 20.8. The third kappa shape index (κ3) is 6.55. The van der Waals surface area contributed by atoms with Gasteiger partial charge in [0.25, 0.3) is 0 Å². The lowest BCUT2D eigenvalue weighted by Gasteiger charge is -2.51. The van der Waals surface area contributed by atoms with Crippen LogP contribution in [0.3, 0.4) is 0 Å². The first-order valence-corrected chi connectivity index (χ1v) is 16.3. The molecule has 2 saturated heterocycles. The van der Waals surface area contributed by atoms with Gasteiger partial charge in [-0.1, -0.05) is 55.5 Å². The maximum atomic E-state index is 14.4. The average molecular weight is 621 g/mol. The predicted octanol–water partition coefficient (Wildman–Crippen LogP) is 7.08. The largest absolute Gasteiger partial charge is 0.479 e. The molecule has 2 amide bonds. The van der Waals surface area contributed by atoms with Gasteiger partial charge in [0.1, 0.15) is 12.2 Å². The van der Waals surface area contributed by atoms with Gasteiger partial charge in [0.15, 0.2) is 5.54 Å². The minimum Gasteiger partial charge on any atom is -0.479 e. The summed E-state index contributed by atoms with van der Waals surface area (Å²) in [6.07, 6.45) is 2.79. The summed E-state index contributed by atoms with van der Waals surface area (Å²) >= 11 is 0. The number of hydrogen-bond acceptors (Lipinski definition) is 6. The first-order valence-electron chi connectivity index (χ1n) is 16.3. The highest BCUT2D eigenvalue weighted by atomic mass is 16.6. The van der Waals surface area contributed by atoms with E-state index in [1.807, 2.05) is 24.3 Å². The van der Waals surface area contributed by atoms with Crippen LogP contribution < -0.4 is 0 Å². The number of fused-ring (bicyclic) bond motifs is 3. The van der Waals surface area contributed by atoms with E-state index in [0.717, 1.165) is 41.5 Å². The van der Waals surface area contributed by atoms with E-state index in [1.54, 1.807) is 27.7 Å². The third-order valence-corrected chi connectivity index (χ3v) is 10.1. The minimum absolute atomic E-state index is 0.0712. The molecule has 1 N–H and O–H groups in total. The van der Waals surface area contributed by atoms with E-state index < -0.39 is 35.3 Å². The van der Waals surface area contributed by atoms with Gasteiger partial charge in [-0.15, -0.1) is 0 Å². The molecule has 0 radical (unpaired) electrons. The number of carboxylic acids is 1. The molecule has 45 heavy (non-hydrogen) atoms. The van der Waals surface area contributed by atoms with Crippen LogP contribution in [0, 0.1) is 5.41 Å². The summed E-state index contributed by atoms with van der Waals surface area (Å²) in [6.45, 7) is 10.7. The third-order valence-electron chi connectivity index (χ3n) is 10.1.